The molecule has 0 saturated carbocycles. The standard InChI is InChI=1S/C20H20N4O4S/c1-27-13-7-8-16(28-2)12(9-13)11-22-24-19(26)18(25)23-20-15(10-21)14-5-3-4-6-17(14)29-20/h7-9,11H,3-6H2,1-2H3,(H,23,25)(H,24,26). The maximum absolute atomic E-state index is 12.2. The number of benzene rings is 1. The lowest BCUT2D eigenvalue weighted by molar-refractivity contribution is -0.136. The second-order valence-corrected chi connectivity index (χ2v) is 7.39. The third-order valence-corrected chi connectivity index (χ3v) is 5.73. The normalized spacial score (nSPS) is 12.7. The zero-order valence-corrected chi connectivity index (χ0v) is 16.9. The van der Waals surface area contributed by atoms with Gasteiger partial charge in [0, 0.05) is 10.4 Å². The third-order valence-electron chi connectivity index (χ3n) is 4.52. The lowest BCUT2D eigenvalue weighted by Gasteiger charge is -2.09. The number of aryl methyl sites for hydroxylation is 1. The van der Waals surface area contributed by atoms with Gasteiger partial charge >= 0.3 is 11.8 Å². The Bertz CT molecular complexity index is 1010. The van der Waals surface area contributed by atoms with Crippen molar-refractivity contribution in [2.45, 2.75) is 25.7 Å². The predicted molar refractivity (Wildman–Crippen MR) is 110 cm³/mol. The van der Waals surface area contributed by atoms with E-state index in [2.05, 4.69) is 21.9 Å². The van der Waals surface area contributed by atoms with Crippen LogP contribution in [-0.2, 0) is 22.4 Å². The molecule has 8 nitrogen and oxygen atoms in total. The van der Waals surface area contributed by atoms with Crippen LogP contribution in [0.1, 0.15) is 34.4 Å². The summed E-state index contributed by atoms with van der Waals surface area (Å²) >= 11 is 1.36. The minimum Gasteiger partial charge on any atom is -0.497 e. The van der Waals surface area contributed by atoms with Crippen molar-refractivity contribution >= 4 is 34.4 Å². The number of hydrogen-bond donors (Lipinski definition) is 2. The number of carbonyl (C=O) groups excluding carboxylic acids is 2. The fourth-order valence-corrected chi connectivity index (χ4v) is 4.32. The van der Waals surface area contributed by atoms with Crippen LogP contribution in [0.25, 0.3) is 0 Å². The van der Waals surface area contributed by atoms with E-state index in [1.165, 1.54) is 31.8 Å². The van der Waals surface area contributed by atoms with Crippen molar-refractivity contribution in [3.05, 3.63) is 39.8 Å². The SMILES string of the molecule is COc1ccc(OC)c(C=NNC(=O)C(=O)Nc2sc3c(c2C#N)CCCC3)c1. The highest BCUT2D eigenvalue weighted by Crippen LogP contribution is 2.37. The number of rotatable bonds is 5. The Morgan fingerprint density at radius 1 is 1.21 bits per heavy atom. The molecule has 0 unspecified atom stereocenters. The molecule has 0 atom stereocenters. The van der Waals surface area contributed by atoms with E-state index in [4.69, 9.17) is 9.47 Å². The molecule has 2 aromatic rings. The molecular formula is C20H20N4O4S. The number of nitrogens with zero attached hydrogens (tertiary/aromatic N) is 2. The first kappa shape index (κ1) is 20.4. The third kappa shape index (κ3) is 4.55. The van der Waals surface area contributed by atoms with Gasteiger partial charge in [0.2, 0.25) is 0 Å². The van der Waals surface area contributed by atoms with Crippen molar-refractivity contribution in [3.63, 3.8) is 0 Å². The van der Waals surface area contributed by atoms with Gasteiger partial charge < -0.3 is 14.8 Å². The molecule has 0 saturated heterocycles. The zero-order valence-electron chi connectivity index (χ0n) is 16.1. The van der Waals surface area contributed by atoms with Crippen LogP contribution in [-0.4, -0.2) is 32.2 Å². The molecule has 0 aliphatic heterocycles. The van der Waals surface area contributed by atoms with Crippen LogP contribution in [0.15, 0.2) is 23.3 Å². The second kappa shape index (κ2) is 9.21. The van der Waals surface area contributed by atoms with Gasteiger partial charge in [-0.15, -0.1) is 11.3 Å². The summed E-state index contributed by atoms with van der Waals surface area (Å²) in [7, 11) is 3.05. The van der Waals surface area contributed by atoms with Crippen LogP contribution in [0.5, 0.6) is 11.5 Å². The van der Waals surface area contributed by atoms with Gasteiger partial charge in [-0.2, -0.15) is 10.4 Å². The molecule has 0 fully saturated rings. The average Bonchev–Trinajstić information content (AvgIpc) is 3.10. The summed E-state index contributed by atoms with van der Waals surface area (Å²) in [6, 6.07) is 7.27. The van der Waals surface area contributed by atoms with Crippen molar-refractivity contribution in [1.82, 2.24) is 5.43 Å². The number of hydrogen-bond acceptors (Lipinski definition) is 7. The van der Waals surface area contributed by atoms with Crippen LogP contribution < -0.4 is 20.2 Å². The van der Waals surface area contributed by atoms with E-state index in [0.717, 1.165) is 36.1 Å². The Labute approximate surface area is 172 Å². The van der Waals surface area contributed by atoms with Crippen LogP contribution in [0, 0.1) is 11.3 Å². The van der Waals surface area contributed by atoms with E-state index in [1.54, 1.807) is 18.2 Å². The van der Waals surface area contributed by atoms with Crippen molar-refractivity contribution in [3.8, 4) is 17.6 Å². The molecule has 2 amide bonds. The number of thiophene rings is 1. The van der Waals surface area contributed by atoms with Gasteiger partial charge in [0.1, 0.15) is 22.6 Å². The summed E-state index contributed by atoms with van der Waals surface area (Å²) in [4.78, 5) is 25.4. The van der Waals surface area contributed by atoms with E-state index in [0.29, 0.717) is 27.6 Å². The van der Waals surface area contributed by atoms with Crippen molar-refractivity contribution in [2.75, 3.05) is 19.5 Å². The van der Waals surface area contributed by atoms with Gasteiger partial charge in [-0.1, -0.05) is 0 Å². The number of methoxy groups -OCH3 is 2. The molecule has 150 valence electrons. The minimum atomic E-state index is -0.932. The quantitative estimate of drug-likeness (QED) is 0.445. The maximum atomic E-state index is 12.2. The van der Waals surface area contributed by atoms with E-state index in [1.807, 2.05) is 0 Å². The monoisotopic (exact) mass is 412 g/mol. The first-order chi connectivity index (χ1) is 14.1. The van der Waals surface area contributed by atoms with E-state index < -0.39 is 11.8 Å². The van der Waals surface area contributed by atoms with E-state index >= 15 is 0 Å². The summed E-state index contributed by atoms with van der Waals surface area (Å²) in [5.74, 6) is -0.675. The van der Waals surface area contributed by atoms with E-state index in [9.17, 15) is 14.9 Å². The van der Waals surface area contributed by atoms with Crippen LogP contribution >= 0.6 is 11.3 Å². The summed E-state index contributed by atoms with van der Waals surface area (Å²) < 4.78 is 10.4. The number of amides is 2. The number of anilines is 1. The van der Waals surface area contributed by atoms with Crippen molar-refractivity contribution in [2.24, 2.45) is 5.10 Å². The molecule has 0 bridgehead atoms. The van der Waals surface area contributed by atoms with Gasteiger partial charge in [-0.25, -0.2) is 5.43 Å². The minimum absolute atomic E-state index is 0.415. The van der Waals surface area contributed by atoms with Gasteiger partial charge in [0.25, 0.3) is 0 Å². The van der Waals surface area contributed by atoms with Crippen LogP contribution in [0.3, 0.4) is 0 Å². The fraction of sp³-hybridized carbons (Fsp3) is 0.300. The van der Waals surface area contributed by atoms with Crippen LogP contribution in [0.4, 0.5) is 5.00 Å². The Hall–Kier alpha value is -3.38. The molecule has 1 aliphatic rings. The van der Waals surface area contributed by atoms with Crippen molar-refractivity contribution in [1.29, 1.82) is 5.26 Å². The Morgan fingerprint density at radius 3 is 2.72 bits per heavy atom. The second-order valence-electron chi connectivity index (χ2n) is 6.29. The lowest BCUT2D eigenvalue weighted by atomic mass is 9.96. The molecule has 1 aromatic carbocycles. The average molecular weight is 412 g/mol. The van der Waals surface area contributed by atoms with Crippen molar-refractivity contribution < 1.29 is 19.1 Å². The van der Waals surface area contributed by atoms with E-state index in [-0.39, 0.29) is 0 Å². The highest BCUT2D eigenvalue weighted by atomic mass is 32.1. The molecule has 3 rings (SSSR count). The smallest absolute Gasteiger partial charge is 0.329 e. The molecule has 1 aromatic heterocycles. The topological polar surface area (TPSA) is 113 Å². The number of hydrazone groups is 1. The largest absolute Gasteiger partial charge is 0.497 e. The molecule has 1 aliphatic carbocycles. The lowest BCUT2D eigenvalue weighted by Crippen LogP contribution is -2.32. The first-order valence-electron chi connectivity index (χ1n) is 8.98. The Kier molecular flexibility index (Phi) is 6.46. The Morgan fingerprint density at radius 2 is 2.00 bits per heavy atom. The maximum Gasteiger partial charge on any atom is 0.329 e. The van der Waals surface area contributed by atoms with Gasteiger partial charge in [-0.3, -0.25) is 9.59 Å². The molecule has 9 heteroatoms. The molecular weight excluding hydrogens is 392 g/mol. The first-order valence-corrected chi connectivity index (χ1v) is 9.80. The zero-order chi connectivity index (χ0) is 20.8. The summed E-state index contributed by atoms with van der Waals surface area (Å²) in [6.45, 7) is 0. The Balaban J connectivity index is 1.66. The molecule has 2 N–H and O–H groups in total. The number of ether oxygens (including phenoxy) is 2. The number of nitrogens with one attached hydrogen (secondary N) is 2. The molecule has 29 heavy (non-hydrogen) atoms. The number of carbonyl (C=O) groups is 2. The predicted octanol–water partition coefficient (Wildman–Crippen LogP) is 2.60. The molecule has 0 spiro atoms. The summed E-state index contributed by atoms with van der Waals surface area (Å²) in [6.07, 6.45) is 5.16. The summed E-state index contributed by atoms with van der Waals surface area (Å²) in [5.41, 5.74) is 4.20. The molecule has 0 radical (unpaired) electrons. The van der Waals surface area contributed by atoms with Gasteiger partial charge in [-0.05, 0) is 49.4 Å². The fourth-order valence-electron chi connectivity index (χ4n) is 3.08. The number of nitriles is 1. The van der Waals surface area contributed by atoms with Gasteiger partial charge in [0.15, 0.2) is 0 Å². The number of fused-ring (bicyclic) bond motifs is 1. The van der Waals surface area contributed by atoms with Gasteiger partial charge in [0.05, 0.1) is 26.0 Å². The molecule has 1 heterocycles. The highest BCUT2D eigenvalue weighted by Gasteiger charge is 2.23. The highest BCUT2D eigenvalue weighted by molar-refractivity contribution is 7.16. The van der Waals surface area contributed by atoms with Crippen LogP contribution in [0.2, 0.25) is 0 Å². The summed E-state index contributed by atoms with van der Waals surface area (Å²) in [5, 5.41) is 16.2.